The standard InChI is InChI=1S/C16H15NO2/c18-16(19)15-9-8-12(10-17-15)14-7-2-1-6-13(14)11-4-3-5-11/h1-2,6-11H,3-5H2,(H,18,19). The molecular weight excluding hydrogens is 238 g/mol. The molecule has 19 heavy (non-hydrogen) atoms. The molecule has 1 aromatic carbocycles. The summed E-state index contributed by atoms with van der Waals surface area (Å²) >= 11 is 0. The first kappa shape index (κ1) is 11.9. The summed E-state index contributed by atoms with van der Waals surface area (Å²) in [7, 11) is 0. The Morgan fingerprint density at radius 2 is 1.95 bits per heavy atom. The first-order chi connectivity index (χ1) is 9.25. The van der Waals surface area contributed by atoms with E-state index in [1.54, 1.807) is 12.3 Å². The van der Waals surface area contributed by atoms with Gasteiger partial charge in [0.1, 0.15) is 5.69 Å². The minimum atomic E-state index is -0.987. The molecule has 0 spiro atoms. The zero-order chi connectivity index (χ0) is 13.2. The average Bonchev–Trinajstić information content (AvgIpc) is 2.37. The van der Waals surface area contributed by atoms with Gasteiger partial charge in [-0.15, -0.1) is 0 Å². The van der Waals surface area contributed by atoms with Crippen LogP contribution in [0.1, 0.15) is 41.2 Å². The SMILES string of the molecule is O=C(O)c1ccc(-c2ccccc2C2CCC2)cn1. The largest absolute Gasteiger partial charge is 0.477 e. The van der Waals surface area contributed by atoms with Gasteiger partial charge in [-0.05, 0) is 36.0 Å². The smallest absolute Gasteiger partial charge is 0.354 e. The zero-order valence-electron chi connectivity index (χ0n) is 10.5. The molecule has 96 valence electrons. The van der Waals surface area contributed by atoms with Crippen molar-refractivity contribution in [2.75, 3.05) is 0 Å². The molecule has 1 heterocycles. The number of nitrogens with zero attached hydrogens (tertiary/aromatic N) is 1. The number of carbonyl (C=O) groups is 1. The van der Waals surface area contributed by atoms with E-state index in [0.29, 0.717) is 5.92 Å². The maximum Gasteiger partial charge on any atom is 0.354 e. The molecule has 0 bridgehead atoms. The van der Waals surface area contributed by atoms with Crippen LogP contribution in [0.15, 0.2) is 42.6 Å². The van der Waals surface area contributed by atoms with Gasteiger partial charge < -0.3 is 5.11 Å². The lowest BCUT2D eigenvalue weighted by Gasteiger charge is -2.28. The molecule has 0 radical (unpaired) electrons. The number of carboxylic acid groups (broad SMARTS) is 1. The Labute approximate surface area is 111 Å². The molecule has 1 aliphatic rings. The van der Waals surface area contributed by atoms with Gasteiger partial charge in [0, 0.05) is 11.8 Å². The zero-order valence-corrected chi connectivity index (χ0v) is 10.5. The molecular formula is C16H15NO2. The van der Waals surface area contributed by atoms with Gasteiger partial charge in [0.25, 0.3) is 0 Å². The number of aromatic carboxylic acids is 1. The molecule has 3 nitrogen and oxygen atoms in total. The maximum absolute atomic E-state index is 10.8. The number of benzene rings is 1. The highest BCUT2D eigenvalue weighted by molar-refractivity contribution is 5.85. The molecule has 1 N–H and O–H groups in total. The van der Waals surface area contributed by atoms with E-state index in [4.69, 9.17) is 5.11 Å². The van der Waals surface area contributed by atoms with E-state index in [-0.39, 0.29) is 5.69 Å². The van der Waals surface area contributed by atoms with Gasteiger partial charge in [-0.2, -0.15) is 0 Å². The molecule has 2 aromatic rings. The molecule has 1 aromatic heterocycles. The summed E-state index contributed by atoms with van der Waals surface area (Å²) in [5, 5.41) is 8.87. The van der Waals surface area contributed by atoms with Crippen molar-refractivity contribution in [3.63, 3.8) is 0 Å². The second-order valence-corrected chi connectivity index (χ2v) is 4.95. The molecule has 1 saturated carbocycles. The van der Waals surface area contributed by atoms with Gasteiger partial charge in [0.15, 0.2) is 0 Å². The van der Waals surface area contributed by atoms with Crippen molar-refractivity contribution in [2.24, 2.45) is 0 Å². The van der Waals surface area contributed by atoms with Gasteiger partial charge in [0.2, 0.25) is 0 Å². The van der Waals surface area contributed by atoms with Crippen LogP contribution in [0.5, 0.6) is 0 Å². The Hall–Kier alpha value is -2.16. The van der Waals surface area contributed by atoms with Crippen LogP contribution in [-0.2, 0) is 0 Å². The first-order valence-corrected chi connectivity index (χ1v) is 6.54. The predicted molar refractivity (Wildman–Crippen MR) is 73.2 cm³/mol. The number of hydrogen-bond acceptors (Lipinski definition) is 2. The molecule has 1 fully saturated rings. The summed E-state index contributed by atoms with van der Waals surface area (Å²) in [5.41, 5.74) is 3.62. The summed E-state index contributed by atoms with van der Waals surface area (Å²) in [5.74, 6) is -0.339. The van der Waals surface area contributed by atoms with Crippen molar-refractivity contribution in [1.82, 2.24) is 4.98 Å². The lowest BCUT2D eigenvalue weighted by Crippen LogP contribution is -2.10. The van der Waals surface area contributed by atoms with Crippen LogP contribution in [0.3, 0.4) is 0 Å². The molecule has 0 saturated heterocycles. The molecule has 3 heteroatoms. The second kappa shape index (κ2) is 4.84. The molecule has 0 amide bonds. The number of rotatable bonds is 3. The lowest BCUT2D eigenvalue weighted by molar-refractivity contribution is 0.0690. The Morgan fingerprint density at radius 3 is 2.53 bits per heavy atom. The van der Waals surface area contributed by atoms with Crippen LogP contribution >= 0.6 is 0 Å². The summed E-state index contributed by atoms with van der Waals surface area (Å²) in [4.78, 5) is 14.8. The van der Waals surface area contributed by atoms with Crippen molar-refractivity contribution >= 4 is 5.97 Å². The normalized spacial score (nSPS) is 14.9. The molecule has 0 unspecified atom stereocenters. The van der Waals surface area contributed by atoms with Gasteiger partial charge in [-0.25, -0.2) is 9.78 Å². The second-order valence-electron chi connectivity index (χ2n) is 4.95. The maximum atomic E-state index is 10.8. The monoisotopic (exact) mass is 253 g/mol. The van der Waals surface area contributed by atoms with E-state index >= 15 is 0 Å². The summed E-state index contributed by atoms with van der Waals surface area (Å²) in [6.07, 6.45) is 5.45. The summed E-state index contributed by atoms with van der Waals surface area (Å²) < 4.78 is 0. The Balaban J connectivity index is 1.99. The number of pyridine rings is 1. The fraction of sp³-hybridized carbons (Fsp3) is 0.250. The third kappa shape index (κ3) is 2.24. The third-order valence-electron chi connectivity index (χ3n) is 3.80. The van der Waals surface area contributed by atoms with Crippen molar-refractivity contribution in [3.05, 3.63) is 53.9 Å². The Morgan fingerprint density at radius 1 is 1.16 bits per heavy atom. The van der Waals surface area contributed by atoms with E-state index in [0.717, 1.165) is 5.56 Å². The van der Waals surface area contributed by atoms with Crippen molar-refractivity contribution < 1.29 is 9.90 Å². The lowest BCUT2D eigenvalue weighted by atomic mass is 9.77. The Kier molecular flexibility index (Phi) is 3.03. The third-order valence-corrected chi connectivity index (χ3v) is 3.80. The molecule has 0 atom stereocenters. The topological polar surface area (TPSA) is 50.2 Å². The van der Waals surface area contributed by atoms with Gasteiger partial charge in [0.05, 0.1) is 0 Å². The Bertz CT molecular complexity index is 600. The molecule has 0 aliphatic heterocycles. The van der Waals surface area contributed by atoms with Crippen LogP contribution in [0.4, 0.5) is 0 Å². The minimum Gasteiger partial charge on any atom is -0.477 e. The predicted octanol–water partition coefficient (Wildman–Crippen LogP) is 3.71. The van der Waals surface area contributed by atoms with Crippen LogP contribution in [0.2, 0.25) is 0 Å². The number of aromatic nitrogens is 1. The van der Waals surface area contributed by atoms with Gasteiger partial charge in [-0.1, -0.05) is 36.8 Å². The van der Waals surface area contributed by atoms with Gasteiger partial charge >= 0.3 is 5.97 Å². The van der Waals surface area contributed by atoms with Crippen LogP contribution < -0.4 is 0 Å². The average molecular weight is 253 g/mol. The van der Waals surface area contributed by atoms with E-state index in [1.807, 2.05) is 12.1 Å². The van der Waals surface area contributed by atoms with E-state index in [9.17, 15) is 4.79 Å². The summed E-state index contributed by atoms with van der Waals surface area (Å²) in [6, 6.07) is 11.7. The minimum absolute atomic E-state index is 0.0878. The van der Waals surface area contributed by atoms with Crippen LogP contribution in [-0.4, -0.2) is 16.1 Å². The quantitative estimate of drug-likeness (QED) is 0.907. The van der Waals surface area contributed by atoms with E-state index in [1.165, 1.54) is 30.4 Å². The van der Waals surface area contributed by atoms with Crippen LogP contribution in [0, 0.1) is 0 Å². The van der Waals surface area contributed by atoms with E-state index in [2.05, 4.69) is 23.2 Å². The van der Waals surface area contributed by atoms with Crippen molar-refractivity contribution in [1.29, 1.82) is 0 Å². The highest BCUT2D eigenvalue weighted by Gasteiger charge is 2.22. The highest BCUT2D eigenvalue weighted by Crippen LogP contribution is 2.40. The van der Waals surface area contributed by atoms with E-state index < -0.39 is 5.97 Å². The van der Waals surface area contributed by atoms with Crippen molar-refractivity contribution in [3.8, 4) is 11.1 Å². The fourth-order valence-electron chi connectivity index (χ4n) is 2.51. The number of hydrogen-bond donors (Lipinski definition) is 1. The first-order valence-electron chi connectivity index (χ1n) is 6.54. The fourth-order valence-corrected chi connectivity index (χ4v) is 2.51. The van der Waals surface area contributed by atoms with Gasteiger partial charge in [-0.3, -0.25) is 0 Å². The molecule has 3 rings (SSSR count). The summed E-state index contributed by atoms with van der Waals surface area (Å²) in [6.45, 7) is 0. The highest BCUT2D eigenvalue weighted by atomic mass is 16.4. The van der Waals surface area contributed by atoms with Crippen LogP contribution in [0.25, 0.3) is 11.1 Å². The molecule has 1 aliphatic carbocycles. The number of carboxylic acids is 1. The van der Waals surface area contributed by atoms with Crippen molar-refractivity contribution in [2.45, 2.75) is 25.2 Å².